The maximum atomic E-state index is 12.2. The van der Waals surface area contributed by atoms with E-state index in [1.807, 2.05) is 6.07 Å². The third kappa shape index (κ3) is 5.11. The van der Waals surface area contributed by atoms with E-state index in [1.54, 1.807) is 48.1 Å². The molecule has 2 amide bonds. The fraction of sp³-hybridized carbons (Fsp3) is 0.273. The Morgan fingerprint density at radius 1 is 1.23 bits per heavy atom. The van der Waals surface area contributed by atoms with Gasteiger partial charge in [0.1, 0.15) is 12.3 Å². The highest BCUT2D eigenvalue weighted by atomic mass is 79.9. The average molecular weight is 487 g/mol. The highest BCUT2D eigenvalue weighted by molar-refractivity contribution is 9.10. The van der Waals surface area contributed by atoms with Crippen molar-refractivity contribution in [3.63, 3.8) is 0 Å². The van der Waals surface area contributed by atoms with Gasteiger partial charge in [-0.3, -0.25) is 9.59 Å². The number of carbonyl (C=O) groups is 2. The number of rotatable bonds is 8. The summed E-state index contributed by atoms with van der Waals surface area (Å²) in [5, 5.41) is 21.5. The van der Waals surface area contributed by atoms with Crippen LogP contribution in [0.15, 0.2) is 57.2 Å². The van der Waals surface area contributed by atoms with E-state index in [2.05, 4.69) is 38.4 Å². The Morgan fingerprint density at radius 3 is 2.71 bits per heavy atom. The molecule has 0 aliphatic rings. The van der Waals surface area contributed by atoms with Crippen molar-refractivity contribution < 1.29 is 19.4 Å². The number of fused-ring (bicyclic) bond motifs is 1. The van der Waals surface area contributed by atoms with E-state index >= 15 is 0 Å². The van der Waals surface area contributed by atoms with Crippen molar-refractivity contribution in [2.75, 3.05) is 13.7 Å². The molecule has 31 heavy (non-hydrogen) atoms. The molecule has 0 aliphatic carbocycles. The first-order valence-electron chi connectivity index (χ1n) is 9.82. The van der Waals surface area contributed by atoms with E-state index in [9.17, 15) is 14.7 Å². The van der Waals surface area contributed by atoms with Crippen LogP contribution in [-0.4, -0.2) is 35.1 Å². The SMILES string of the molecule is CCCCn1c(O)c(N=NC(=O)CNC(=O)c2ccccc2Br)c2cc(OC)ccc21. The van der Waals surface area contributed by atoms with Crippen LogP contribution >= 0.6 is 15.9 Å². The molecule has 0 saturated heterocycles. The maximum absolute atomic E-state index is 12.2. The zero-order valence-corrected chi connectivity index (χ0v) is 18.8. The van der Waals surface area contributed by atoms with Crippen LogP contribution in [0.2, 0.25) is 0 Å². The lowest BCUT2D eigenvalue weighted by molar-refractivity contribution is -0.117. The molecule has 0 fully saturated rings. The number of carbonyl (C=O) groups excluding carboxylic acids is 2. The summed E-state index contributed by atoms with van der Waals surface area (Å²) in [6.07, 6.45) is 1.84. The maximum Gasteiger partial charge on any atom is 0.283 e. The second-order valence-corrected chi connectivity index (χ2v) is 7.67. The minimum absolute atomic E-state index is 0.0643. The van der Waals surface area contributed by atoms with Crippen molar-refractivity contribution >= 4 is 44.3 Å². The van der Waals surface area contributed by atoms with Crippen molar-refractivity contribution in [1.29, 1.82) is 0 Å². The number of ether oxygens (including phenoxy) is 1. The van der Waals surface area contributed by atoms with Gasteiger partial charge in [0.15, 0.2) is 5.69 Å². The molecule has 0 saturated carbocycles. The first-order chi connectivity index (χ1) is 15.0. The quantitative estimate of drug-likeness (QED) is 0.438. The number of hydrogen-bond acceptors (Lipinski definition) is 5. The largest absolute Gasteiger partial charge is 0.497 e. The van der Waals surface area contributed by atoms with Gasteiger partial charge in [0, 0.05) is 16.4 Å². The predicted molar refractivity (Wildman–Crippen MR) is 121 cm³/mol. The summed E-state index contributed by atoms with van der Waals surface area (Å²) in [6, 6.07) is 12.3. The van der Waals surface area contributed by atoms with Crippen molar-refractivity contribution in [3.8, 4) is 11.6 Å². The van der Waals surface area contributed by atoms with E-state index in [4.69, 9.17) is 4.74 Å². The van der Waals surface area contributed by atoms with E-state index in [-0.39, 0.29) is 18.1 Å². The number of nitrogens with one attached hydrogen (secondary N) is 1. The van der Waals surface area contributed by atoms with Gasteiger partial charge in [-0.1, -0.05) is 25.5 Å². The van der Waals surface area contributed by atoms with Crippen LogP contribution in [0.3, 0.4) is 0 Å². The Labute approximate surface area is 188 Å². The lowest BCUT2D eigenvalue weighted by Crippen LogP contribution is -2.28. The van der Waals surface area contributed by atoms with Gasteiger partial charge in [-0.25, -0.2) is 0 Å². The van der Waals surface area contributed by atoms with Gasteiger partial charge in [-0.15, -0.1) is 10.2 Å². The average Bonchev–Trinajstić information content (AvgIpc) is 3.04. The fourth-order valence-electron chi connectivity index (χ4n) is 3.11. The third-order valence-electron chi connectivity index (χ3n) is 4.73. The number of aromatic nitrogens is 1. The molecule has 0 spiro atoms. The minimum Gasteiger partial charge on any atom is -0.497 e. The fourth-order valence-corrected chi connectivity index (χ4v) is 3.57. The molecule has 0 unspecified atom stereocenters. The third-order valence-corrected chi connectivity index (χ3v) is 5.42. The Bertz CT molecular complexity index is 1140. The highest BCUT2D eigenvalue weighted by Gasteiger charge is 2.18. The lowest BCUT2D eigenvalue weighted by atomic mass is 10.2. The van der Waals surface area contributed by atoms with Crippen LogP contribution in [0.4, 0.5) is 5.69 Å². The Hall–Kier alpha value is -3.20. The Morgan fingerprint density at radius 2 is 2.00 bits per heavy atom. The van der Waals surface area contributed by atoms with Gasteiger partial charge in [-0.2, -0.15) is 0 Å². The normalized spacial score (nSPS) is 11.2. The lowest BCUT2D eigenvalue weighted by Gasteiger charge is -2.05. The molecular weight excluding hydrogens is 464 g/mol. The van der Waals surface area contributed by atoms with Crippen LogP contribution in [0.1, 0.15) is 30.1 Å². The van der Waals surface area contributed by atoms with Crippen LogP contribution in [0.25, 0.3) is 10.9 Å². The molecule has 162 valence electrons. The molecule has 2 aromatic carbocycles. The van der Waals surface area contributed by atoms with Gasteiger partial charge < -0.3 is 19.7 Å². The number of aryl methyl sites for hydroxylation is 1. The van der Waals surface area contributed by atoms with Crippen LogP contribution in [-0.2, 0) is 11.3 Å². The van der Waals surface area contributed by atoms with Gasteiger partial charge in [0.25, 0.3) is 11.8 Å². The van der Waals surface area contributed by atoms with Crippen molar-refractivity contribution in [2.45, 2.75) is 26.3 Å². The number of unbranched alkanes of at least 4 members (excludes halogenated alkanes) is 1. The number of methoxy groups -OCH3 is 1. The van der Waals surface area contributed by atoms with E-state index in [0.717, 1.165) is 18.4 Å². The Balaban J connectivity index is 1.79. The van der Waals surface area contributed by atoms with Gasteiger partial charge in [-0.05, 0) is 52.7 Å². The summed E-state index contributed by atoms with van der Waals surface area (Å²) >= 11 is 3.30. The number of halogens is 1. The highest BCUT2D eigenvalue weighted by Crippen LogP contribution is 2.40. The smallest absolute Gasteiger partial charge is 0.283 e. The molecule has 0 radical (unpaired) electrons. The summed E-state index contributed by atoms with van der Waals surface area (Å²) in [5.74, 6) is -0.508. The summed E-state index contributed by atoms with van der Waals surface area (Å²) in [6.45, 7) is 2.35. The molecule has 1 heterocycles. The first kappa shape index (κ1) is 22.5. The number of aromatic hydroxyl groups is 1. The molecule has 0 aliphatic heterocycles. The van der Waals surface area contributed by atoms with Crippen LogP contribution in [0.5, 0.6) is 11.6 Å². The molecule has 3 aromatic rings. The zero-order valence-electron chi connectivity index (χ0n) is 17.3. The van der Waals surface area contributed by atoms with Crippen molar-refractivity contribution in [3.05, 3.63) is 52.5 Å². The molecule has 8 nitrogen and oxygen atoms in total. The molecule has 1 aromatic heterocycles. The van der Waals surface area contributed by atoms with Gasteiger partial charge in [0.05, 0.1) is 18.2 Å². The number of benzene rings is 2. The topological polar surface area (TPSA) is 105 Å². The molecule has 9 heteroatoms. The van der Waals surface area contributed by atoms with E-state index < -0.39 is 11.8 Å². The standard InChI is InChI=1S/C22H23BrN4O4/c1-3-4-11-27-18-10-9-14(31-2)12-16(18)20(22(27)30)26-25-19(28)13-24-21(29)15-7-5-6-8-17(15)23/h5-10,12,30H,3-4,11,13H2,1-2H3,(H,24,29). The Kier molecular flexibility index (Phi) is 7.41. The summed E-state index contributed by atoms with van der Waals surface area (Å²) in [7, 11) is 1.55. The van der Waals surface area contributed by atoms with Crippen molar-refractivity contribution in [2.24, 2.45) is 10.2 Å². The summed E-state index contributed by atoms with van der Waals surface area (Å²) in [5.41, 5.74) is 1.38. The minimum atomic E-state index is -0.642. The number of azo groups is 1. The second-order valence-electron chi connectivity index (χ2n) is 6.82. The molecule has 0 atom stereocenters. The first-order valence-corrected chi connectivity index (χ1v) is 10.6. The zero-order chi connectivity index (χ0) is 22.4. The number of nitrogens with zero attached hydrogens (tertiary/aromatic N) is 3. The number of amides is 2. The second kappa shape index (κ2) is 10.2. The predicted octanol–water partition coefficient (Wildman–Crippen LogP) is 4.96. The number of hydrogen-bond donors (Lipinski definition) is 2. The molecule has 0 bridgehead atoms. The molecule has 2 N–H and O–H groups in total. The summed E-state index contributed by atoms with van der Waals surface area (Å²) < 4.78 is 7.64. The van der Waals surface area contributed by atoms with E-state index in [0.29, 0.717) is 27.7 Å². The molecular formula is C22H23BrN4O4. The summed E-state index contributed by atoms with van der Waals surface area (Å²) in [4.78, 5) is 24.4. The van der Waals surface area contributed by atoms with Crippen molar-refractivity contribution in [1.82, 2.24) is 9.88 Å². The van der Waals surface area contributed by atoms with Gasteiger partial charge in [0.2, 0.25) is 5.88 Å². The molecule has 3 rings (SSSR count). The van der Waals surface area contributed by atoms with Crippen LogP contribution in [0, 0.1) is 0 Å². The van der Waals surface area contributed by atoms with E-state index in [1.165, 1.54) is 0 Å². The van der Waals surface area contributed by atoms with Crippen LogP contribution < -0.4 is 10.1 Å². The van der Waals surface area contributed by atoms with Gasteiger partial charge >= 0.3 is 0 Å². The monoisotopic (exact) mass is 486 g/mol.